The summed E-state index contributed by atoms with van der Waals surface area (Å²) in [5.74, 6) is -1.32. The highest BCUT2D eigenvalue weighted by atomic mass is 16.5. The van der Waals surface area contributed by atoms with E-state index in [9.17, 15) is 14.4 Å². The van der Waals surface area contributed by atoms with E-state index >= 15 is 0 Å². The average molecular weight is 337 g/mol. The predicted octanol–water partition coefficient (Wildman–Crippen LogP) is 1.11. The van der Waals surface area contributed by atoms with Gasteiger partial charge in [-0.25, -0.2) is 9.59 Å². The lowest BCUT2D eigenvalue weighted by Gasteiger charge is -2.16. The van der Waals surface area contributed by atoms with Gasteiger partial charge in [-0.15, -0.1) is 0 Å². The average Bonchev–Trinajstić information content (AvgIpc) is 2.57. The summed E-state index contributed by atoms with van der Waals surface area (Å²) in [5.41, 5.74) is 1.57. The molecule has 0 aliphatic rings. The second kappa shape index (κ2) is 9.13. The van der Waals surface area contributed by atoms with Crippen LogP contribution in [0.15, 0.2) is 29.4 Å². The Bertz CT molecular complexity index is 627. The van der Waals surface area contributed by atoms with Crippen LogP contribution in [0.2, 0.25) is 0 Å². The minimum atomic E-state index is -1.12. The lowest BCUT2D eigenvalue weighted by molar-refractivity contribution is -0.148. The van der Waals surface area contributed by atoms with E-state index in [1.807, 2.05) is 0 Å². The van der Waals surface area contributed by atoms with Crippen LogP contribution in [0.4, 0.5) is 10.5 Å². The highest BCUT2D eigenvalue weighted by Crippen LogP contribution is 2.10. The van der Waals surface area contributed by atoms with Gasteiger partial charge in [0, 0.05) is 12.6 Å². The van der Waals surface area contributed by atoms with Crippen LogP contribution in [-0.4, -0.2) is 48.6 Å². The van der Waals surface area contributed by atoms with Gasteiger partial charge in [-0.2, -0.15) is 0 Å². The van der Waals surface area contributed by atoms with E-state index in [1.54, 1.807) is 31.2 Å². The lowest BCUT2D eigenvalue weighted by atomic mass is 10.1. The Labute approximate surface area is 138 Å². The molecular formula is C15H19N3O6. The van der Waals surface area contributed by atoms with Crippen LogP contribution in [0, 0.1) is 0 Å². The van der Waals surface area contributed by atoms with E-state index in [2.05, 4.69) is 20.5 Å². The minimum Gasteiger partial charge on any atom is -0.467 e. The number of esters is 2. The number of ether oxygens (including phenoxy) is 2. The molecule has 0 radical (unpaired) electrons. The van der Waals surface area contributed by atoms with Crippen molar-refractivity contribution in [2.75, 3.05) is 19.0 Å². The molecule has 9 heteroatoms. The maximum absolute atomic E-state index is 11.9. The predicted molar refractivity (Wildman–Crippen MR) is 85.0 cm³/mol. The van der Waals surface area contributed by atoms with Gasteiger partial charge in [0.25, 0.3) is 0 Å². The zero-order chi connectivity index (χ0) is 18.1. The Morgan fingerprint density at radius 3 is 2.33 bits per heavy atom. The van der Waals surface area contributed by atoms with Gasteiger partial charge in [-0.1, -0.05) is 17.3 Å². The van der Waals surface area contributed by atoms with Gasteiger partial charge >= 0.3 is 18.0 Å². The van der Waals surface area contributed by atoms with Gasteiger partial charge in [0.05, 0.1) is 12.8 Å². The molecule has 0 heterocycles. The van der Waals surface area contributed by atoms with Crippen molar-refractivity contribution in [3.8, 4) is 0 Å². The fourth-order valence-corrected chi connectivity index (χ4v) is 1.69. The normalized spacial score (nSPS) is 12.0. The van der Waals surface area contributed by atoms with Crippen LogP contribution in [0.25, 0.3) is 0 Å². The van der Waals surface area contributed by atoms with Crippen molar-refractivity contribution in [2.45, 2.75) is 19.9 Å². The van der Waals surface area contributed by atoms with Crippen LogP contribution in [0.5, 0.6) is 0 Å². The number of hydrogen-bond donors (Lipinski definition) is 3. The van der Waals surface area contributed by atoms with Crippen molar-refractivity contribution in [3.63, 3.8) is 0 Å². The maximum atomic E-state index is 11.9. The van der Waals surface area contributed by atoms with E-state index in [-0.39, 0.29) is 6.61 Å². The Hall–Kier alpha value is -3.10. The summed E-state index contributed by atoms with van der Waals surface area (Å²) in [6.07, 6.45) is 0. The number of hydrogen-bond acceptors (Lipinski definition) is 7. The summed E-state index contributed by atoms with van der Waals surface area (Å²) in [6, 6.07) is 4.72. The SMILES string of the molecule is COC(=O)C(COC(C)=O)NC(=O)Nc1ccc(C(C)=NO)cc1. The molecule has 2 amide bonds. The van der Waals surface area contributed by atoms with Crippen LogP contribution in [0.3, 0.4) is 0 Å². The van der Waals surface area contributed by atoms with E-state index in [1.165, 1.54) is 6.92 Å². The molecule has 1 aromatic carbocycles. The molecule has 1 rings (SSSR count). The molecule has 0 aromatic heterocycles. The third kappa shape index (κ3) is 5.95. The number of carbonyl (C=O) groups is 3. The number of benzene rings is 1. The summed E-state index contributed by atoms with van der Waals surface area (Å²) in [4.78, 5) is 34.3. The van der Waals surface area contributed by atoms with Crippen molar-refractivity contribution in [1.29, 1.82) is 0 Å². The molecule has 130 valence electrons. The molecule has 24 heavy (non-hydrogen) atoms. The molecule has 0 bridgehead atoms. The van der Waals surface area contributed by atoms with Crippen LogP contribution >= 0.6 is 0 Å². The van der Waals surface area contributed by atoms with Gasteiger partial charge in [-0.3, -0.25) is 4.79 Å². The molecule has 1 unspecified atom stereocenters. The lowest BCUT2D eigenvalue weighted by Crippen LogP contribution is -2.46. The zero-order valence-corrected chi connectivity index (χ0v) is 13.5. The molecule has 1 atom stereocenters. The molecule has 0 spiro atoms. The Morgan fingerprint density at radius 1 is 1.21 bits per heavy atom. The van der Waals surface area contributed by atoms with Crippen molar-refractivity contribution in [2.24, 2.45) is 5.16 Å². The zero-order valence-electron chi connectivity index (χ0n) is 13.5. The van der Waals surface area contributed by atoms with Gasteiger partial charge < -0.3 is 25.3 Å². The summed E-state index contributed by atoms with van der Waals surface area (Å²) in [6.45, 7) is 2.49. The molecule has 0 saturated heterocycles. The van der Waals surface area contributed by atoms with Crippen molar-refractivity contribution in [1.82, 2.24) is 5.32 Å². The second-order valence-electron chi connectivity index (χ2n) is 4.74. The molecule has 1 aromatic rings. The van der Waals surface area contributed by atoms with Crippen molar-refractivity contribution >= 4 is 29.4 Å². The Balaban J connectivity index is 2.67. The summed E-state index contributed by atoms with van der Waals surface area (Å²) < 4.78 is 9.25. The molecule has 0 aliphatic heterocycles. The monoisotopic (exact) mass is 337 g/mol. The summed E-state index contributed by atoms with van der Waals surface area (Å²) >= 11 is 0. The molecule has 3 N–H and O–H groups in total. The van der Waals surface area contributed by atoms with Crippen molar-refractivity contribution in [3.05, 3.63) is 29.8 Å². The molecule has 0 fully saturated rings. The Morgan fingerprint density at radius 2 is 1.83 bits per heavy atom. The second-order valence-corrected chi connectivity index (χ2v) is 4.74. The topological polar surface area (TPSA) is 126 Å². The smallest absolute Gasteiger partial charge is 0.332 e. The van der Waals surface area contributed by atoms with E-state index in [4.69, 9.17) is 9.94 Å². The van der Waals surface area contributed by atoms with E-state index < -0.39 is 24.0 Å². The van der Waals surface area contributed by atoms with Crippen molar-refractivity contribution < 1.29 is 29.1 Å². The number of urea groups is 1. The van der Waals surface area contributed by atoms with Gasteiger partial charge in [0.2, 0.25) is 0 Å². The number of nitrogens with one attached hydrogen (secondary N) is 2. The first-order chi connectivity index (χ1) is 11.4. The highest BCUT2D eigenvalue weighted by Gasteiger charge is 2.23. The third-order valence-corrected chi connectivity index (χ3v) is 2.95. The number of oxime groups is 1. The van der Waals surface area contributed by atoms with Crippen LogP contribution < -0.4 is 10.6 Å². The molecular weight excluding hydrogens is 318 g/mol. The summed E-state index contributed by atoms with van der Waals surface area (Å²) in [5, 5.41) is 16.6. The number of methoxy groups -OCH3 is 1. The fourth-order valence-electron chi connectivity index (χ4n) is 1.69. The number of nitrogens with zero attached hydrogens (tertiary/aromatic N) is 1. The first-order valence-corrected chi connectivity index (χ1v) is 6.95. The third-order valence-electron chi connectivity index (χ3n) is 2.95. The number of amides is 2. The van der Waals surface area contributed by atoms with Gasteiger partial charge in [-0.05, 0) is 24.6 Å². The van der Waals surface area contributed by atoms with Crippen LogP contribution in [0.1, 0.15) is 19.4 Å². The molecule has 0 aliphatic carbocycles. The first-order valence-electron chi connectivity index (χ1n) is 6.95. The van der Waals surface area contributed by atoms with Gasteiger partial charge in [0.15, 0.2) is 6.04 Å². The fraction of sp³-hybridized carbons (Fsp3) is 0.333. The van der Waals surface area contributed by atoms with E-state index in [0.717, 1.165) is 7.11 Å². The quantitative estimate of drug-likeness (QED) is 0.309. The maximum Gasteiger partial charge on any atom is 0.332 e. The number of anilines is 1. The molecule has 9 nitrogen and oxygen atoms in total. The first kappa shape index (κ1) is 18.9. The number of carbonyl (C=O) groups excluding carboxylic acids is 3. The molecule has 0 saturated carbocycles. The number of rotatable bonds is 6. The summed E-state index contributed by atoms with van der Waals surface area (Å²) in [7, 11) is 1.16. The van der Waals surface area contributed by atoms with Crippen LogP contribution in [-0.2, 0) is 19.1 Å². The Kier molecular flexibility index (Phi) is 7.21. The highest BCUT2D eigenvalue weighted by molar-refractivity contribution is 5.99. The van der Waals surface area contributed by atoms with Gasteiger partial charge in [0.1, 0.15) is 6.61 Å². The largest absolute Gasteiger partial charge is 0.467 e. The van der Waals surface area contributed by atoms with E-state index in [0.29, 0.717) is 17.0 Å². The minimum absolute atomic E-state index is 0.333. The standard InChI is InChI=1S/C15H19N3O6/c1-9(18-22)11-4-6-12(7-5-11)16-15(21)17-13(14(20)23-3)8-24-10(2)19/h4-7,13,22H,8H2,1-3H3,(H2,16,17,21).